The van der Waals surface area contributed by atoms with Gasteiger partial charge in [-0.15, -0.1) is 0 Å². The number of aliphatic carboxylic acids is 1. The van der Waals surface area contributed by atoms with Gasteiger partial charge in [-0.2, -0.15) is 0 Å². The highest BCUT2D eigenvalue weighted by atomic mass is 16.7. The first kappa shape index (κ1) is 42.7. The minimum atomic E-state index is -1.80. The van der Waals surface area contributed by atoms with Gasteiger partial charge in [0.25, 0.3) is 0 Å². The quantitative estimate of drug-likeness (QED) is 0.0432. The molecule has 0 aliphatic carbocycles. The van der Waals surface area contributed by atoms with E-state index in [1.807, 2.05) is 0 Å². The SMILES string of the molecule is CCCCC/C=C\C/C=C\CCCCCCCC(=O)O.C[C@@H]1O[C@@H](Oc2c(-c3cc(O)c(O)c(O)c3)oc3cc(O)cc(O)c3c2=O)[C@H](O)[C@H](O)[C@H]1O. The van der Waals surface area contributed by atoms with Gasteiger partial charge >= 0.3 is 5.97 Å². The molecule has 14 nitrogen and oxygen atoms in total. The summed E-state index contributed by atoms with van der Waals surface area (Å²) in [5.41, 5.74) is -1.45. The molecule has 0 saturated carbocycles. The summed E-state index contributed by atoms with van der Waals surface area (Å²) in [5, 5.41) is 87.7. The van der Waals surface area contributed by atoms with Gasteiger partial charge in [0.2, 0.25) is 17.5 Å². The van der Waals surface area contributed by atoms with Crippen LogP contribution in [0.5, 0.6) is 34.5 Å². The van der Waals surface area contributed by atoms with E-state index in [0.717, 1.165) is 49.9 Å². The highest BCUT2D eigenvalue weighted by molar-refractivity contribution is 5.88. The van der Waals surface area contributed by atoms with Crippen molar-refractivity contribution in [1.29, 1.82) is 0 Å². The van der Waals surface area contributed by atoms with E-state index in [1.54, 1.807) is 0 Å². The highest BCUT2D eigenvalue weighted by Crippen LogP contribution is 2.43. The molecule has 1 aliphatic heterocycles. The number of unbranched alkanes of at least 4 members (excludes halogenated alkanes) is 8. The van der Waals surface area contributed by atoms with E-state index in [2.05, 4.69) is 31.2 Å². The lowest BCUT2D eigenvalue weighted by molar-refractivity contribution is -0.268. The largest absolute Gasteiger partial charge is 0.508 e. The Hall–Kier alpha value is -4.76. The third-order valence-electron chi connectivity index (χ3n) is 8.63. The van der Waals surface area contributed by atoms with Gasteiger partial charge in [-0.3, -0.25) is 9.59 Å². The van der Waals surface area contributed by atoms with Gasteiger partial charge in [0.15, 0.2) is 23.0 Å². The molecule has 1 fully saturated rings. The summed E-state index contributed by atoms with van der Waals surface area (Å²) in [6, 6.07) is 3.79. The number of aromatic hydroxyl groups is 5. The number of benzene rings is 2. The lowest BCUT2D eigenvalue weighted by atomic mass is 10.00. The van der Waals surface area contributed by atoms with Crippen LogP contribution in [0.1, 0.15) is 90.9 Å². The molecular weight excluding hydrogens is 692 g/mol. The predicted octanol–water partition coefficient (Wildman–Crippen LogP) is 6.08. The average Bonchev–Trinajstić information content (AvgIpc) is 3.10. The van der Waals surface area contributed by atoms with E-state index in [9.17, 15) is 50.4 Å². The molecule has 0 radical (unpaired) electrons. The van der Waals surface area contributed by atoms with E-state index in [0.29, 0.717) is 6.42 Å². The van der Waals surface area contributed by atoms with Crippen molar-refractivity contribution in [3.63, 3.8) is 0 Å². The molecule has 1 aromatic heterocycles. The summed E-state index contributed by atoms with van der Waals surface area (Å²) in [6.07, 6.45) is 14.7. The zero-order valence-corrected chi connectivity index (χ0v) is 30.1. The second kappa shape index (κ2) is 21.1. The first-order chi connectivity index (χ1) is 25.3. The monoisotopic (exact) mass is 744 g/mol. The van der Waals surface area contributed by atoms with Crippen LogP contribution in [0.3, 0.4) is 0 Å². The number of rotatable bonds is 17. The van der Waals surface area contributed by atoms with E-state index in [1.165, 1.54) is 51.9 Å². The molecule has 9 N–H and O–H groups in total. The van der Waals surface area contributed by atoms with Crippen LogP contribution in [0.25, 0.3) is 22.3 Å². The Kier molecular flexibility index (Phi) is 17.0. The van der Waals surface area contributed by atoms with E-state index < -0.39 is 87.7 Å². The van der Waals surface area contributed by atoms with Gasteiger partial charge in [-0.05, 0) is 57.6 Å². The summed E-state index contributed by atoms with van der Waals surface area (Å²) in [5.74, 6) is -5.22. The number of hydrogen-bond donors (Lipinski definition) is 9. The fraction of sp³-hybridized carbons (Fsp3) is 0.487. The molecule has 1 saturated heterocycles. The minimum absolute atomic E-state index is 0.168. The van der Waals surface area contributed by atoms with Gasteiger partial charge in [0.1, 0.15) is 40.8 Å². The van der Waals surface area contributed by atoms with Gasteiger partial charge in [0, 0.05) is 24.1 Å². The average molecular weight is 745 g/mol. The van der Waals surface area contributed by atoms with Crippen LogP contribution in [0.15, 0.2) is 57.8 Å². The second-order valence-electron chi connectivity index (χ2n) is 13.0. The Balaban J connectivity index is 0.000000327. The number of hydrogen-bond acceptors (Lipinski definition) is 13. The van der Waals surface area contributed by atoms with Gasteiger partial charge in [0.05, 0.1) is 6.10 Å². The number of carboxylic acids is 1. The molecule has 292 valence electrons. The van der Waals surface area contributed by atoms with Crippen molar-refractivity contribution < 1.29 is 64.6 Å². The smallest absolute Gasteiger partial charge is 0.303 e. The molecule has 53 heavy (non-hydrogen) atoms. The Bertz CT molecular complexity index is 1720. The van der Waals surface area contributed by atoms with Crippen molar-refractivity contribution in [1.82, 2.24) is 0 Å². The molecule has 0 unspecified atom stereocenters. The molecular formula is C39H52O14. The Morgan fingerprint density at radius 2 is 1.38 bits per heavy atom. The van der Waals surface area contributed by atoms with Crippen molar-refractivity contribution in [3.8, 4) is 45.8 Å². The van der Waals surface area contributed by atoms with Gasteiger partial charge in [-0.1, -0.05) is 63.3 Å². The molecule has 2 aromatic carbocycles. The molecule has 3 aromatic rings. The van der Waals surface area contributed by atoms with Gasteiger partial charge < -0.3 is 59.8 Å². The van der Waals surface area contributed by atoms with Crippen LogP contribution in [0.2, 0.25) is 0 Å². The van der Waals surface area contributed by atoms with Crippen molar-refractivity contribution in [3.05, 3.63) is 58.8 Å². The van der Waals surface area contributed by atoms with Crippen LogP contribution < -0.4 is 10.2 Å². The van der Waals surface area contributed by atoms with Crippen LogP contribution in [0, 0.1) is 0 Å². The molecule has 4 rings (SSSR count). The Labute approximate surface area is 307 Å². The number of carboxylic acid groups (broad SMARTS) is 1. The standard InChI is InChI=1S/C21H20O12.C18H32O2/c1-6-14(26)17(29)18(30)21(31-6)33-20-16(28)13-9(23)4-8(22)5-12(13)32-19(20)7-2-10(24)15(27)11(25)3-7;1-2-3-4-5-6-7-8-9-10-11-12-13-14-15-16-17-18(19)20/h2-6,14,17-18,21-27,29-30H,1H3;6-7,9-10H,2-5,8,11-17H2,1H3,(H,19,20)/b;7-6-,10-9-/t6-,14-,17+,18+,21-;/m0./s1. The number of fused-ring (bicyclic) bond motifs is 1. The van der Waals surface area contributed by atoms with Crippen LogP contribution in [-0.2, 0) is 9.53 Å². The summed E-state index contributed by atoms with van der Waals surface area (Å²) in [4.78, 5) is 23.6. The number of phenols is 5. The van der Waals surface area contributed by atoms with E-state index in [-0.39, 0.29) is 11.1 Å². The maximum Gasteiger partial charge on any atom is 0.303 e. The Morgan fingerprint density at radius 1 is 0.774 bits per heavy atom. The maximum atomic E-state index is 13.2. The number of aliphatic hydroxyl groups is 3. The lowest BCUT2D eigenvalue weighted by Gasteiger charge is -2.38. The first-order valence-corrected chi connectivity index (χ1v) is 17.9. The van der Waals surface area contributed by atoms with Crippen LogP contribution in [-0.4, -0.2) is 82.6 Å². The van der Waals surface area contributed by atoms with E-state index in [4.69, 9.17) is 19.0 Å². The highest BCUT2D eigenvalue weighted by Gasteiger charge is 2.44. The maximum absolute atomic E-state index is 13.2. The summed E-state index contributed by atoms with van der Waals surface area (Å²) < 4.78 is 16.5. The summed E-state index contributed by atoms with van der Waals surface area (Å²) in [6.45, 7) is 3.63. The third kappa shape index (κ3) is 12.4. The molecule has 14 heteroatoms. The number of aliphatic hydroxyl groups excluding tert-OH is 3. The zero-order chi connectivity index (χ0) is 39.1. The third-order valence-corrected chi connectivity index (χ3v) is 8.63. The number of carbonyl (C=O) groups is 1. The zero-order valence-electron chi connectivity index (χ0n) is 30.1. The summed E-state index contributed by atoms with van der Waals surface area (Å²) >= 11 is 0. The molecule has 2 heterocycles. The predicted molar refractivity (Wildman–Crippen MR) is 196 cm³/mol. The normalized spacial score (nSPS) is 20.1. The molecule has 0 spiro atoms. The number of allylic oxidation sites excluding steroid dienone is 4. The molecule has 5 atom stereocenters. The first-order valence-electron chi connectivity index (χ1n) is 17.9. The number of phenolic OH excluding ortho intramolecular Hbond substituents is 5. The molecule has 1 aliphatic rings. The molecule has 0 bridgehead atoms. The summed E-state index contributed by atoms with van der Waals surface area (Å²) in [7, 11) is 0. The fourth-order valence-corrected chi connectivity index (χ4v) is 5.62. The van der Waals surface area contributed by atoms with Crippen LogP contribution in [0.4, 0.5) is 0 Å². The van der Waals surface area contributed by atoms with Crippen molar-refractivity contribution in [2.24, 2.45) is 0 Å². The van der Waals surface area contributed by atoms with E-state index >= 15 is 0 Å². The second-order valence-corrected chi connectivity index (χ2v) is 13.0. The van der Waals surface area contributed by atoms with Gasteiger partial charge in [-0.25, -0.2) is 0 Å². The van der Waals surface area contributed by atoms with Crippen LogP contribution >= 0.6 is 0 Å². The fourth-order valence-electron chi connectivity index (χ4n) is 5.62. The van der Waals surface area contributed by atoms with Crippen molar-refractivity contribution in [2.75, 3.05) is 0 Å². The molecule has 0 amide bonds. The minimum Gasteiger partial charge on any atom is -0.508 e. The topological polar surface area (TPSA) is 248 Å². The number of ether oxygens (including phenoxy) is 2. The Morgan fingerprint density at radius 3 is 2.00 bits per heavy atom. The van der Waals surface area contributed by atoms with Crippen molar-refractivity contribution >= 4 is 16.9 Å². The van der Waals surface area contributed by atoms with Crippen molar-refractivity contribution in [2.45, 2.75) is 122 Å². The lowest BCUT2D eigenvalue weighted by Crippen LogP contribution is -2.58.